The lowest BCUT2D eigenvalue weighted by molar-refractivity contribution is 0.0941. The van der Waals surface area contributed by atoms with Crippen molar-refractivity contribution in [3.63, 3.8) is 0 Å². The van der Waals surface area contributed by atoms with Crippen LogP contribution >= 0.6 is 0 Å². The van der Waals surface area contributed by atoms with E-state index < -0.39 is 17.7 Å². The molecule has 0 saturated heterocycles. The number of para-hydroxylation sites is 1. The van der Waals surface area contributed by atoms with Crippen molar-refractivity contribution >= 4 is 16.8 Å². The predicted octanol–water partition coefficient (Wildman–Crippen LogP) is 4.00. The van der Waals surface area contributed by atoms with E-state index in [0.29, 0.717) is 16.6 Å². The second-order valence-electron chi connectivity index (χ2n) is 5.25. The maximum Gasteiger partial charge on any atom is 0.253 e. The average molecular weight is 312 g/mol. The van der Waals surface area contributed by atoms with Gasteiger partial charge in [-0.05, 0) is 36.8 Å². The van der Waals surface area contributed by atoms with Crippen molar-refractivity contribution in [2.24, 2.45) is 0 Å². The number of pyridine rings is 1. The highest BCUT2D eigenvalue weighted by Crippen LogP contribution is 2.19. The number of hydrogen-bond donors (Lipinski definition) is 1. The van der Waals surface area contributed by atoms with E-state index in [9.17, 15) is 13.6 Å². The minimum atomic E-state index is -0.935. The Morgan fingerprint density at radius 2 is 1.87 bits per heavy atom. The van der Waals surface area contributed by atoms with Crippen molar-refractivity contribution < 1.29 is 13.6 Å². The molecule has 1 atom stereocenters. The molecule has 3 nitrogen and oxygen atoms in total. The number of nitrogens with zero attached hydrogens (tertiary/aromatic N) is 1. The van der Waals surface area contributed by atoms with Gasteiger partial charge in [0, 0.05) is 11.6 Å². The van der Waals surface area contributed by atoms with E-state index in [4.69, 9.17) is 0 Å². The number of benzene rings is 2. The summed E-state index contributed by atoms with van der Waals surface area (Å²) < 4.78 is 26.3. The normalized spacial score (nSPS) is 12.1. The number of aromatic nitrogens is 1. The summed E-state index contributed by atoms with van der Waals surface area (Å²) in [6.45, 7) is 1.71. The first kappa shape index (κ1) is 15.1. The summed E-state index contributed by atoms with van der Waals surface area (Å²) in [6, 6.07) is 12.1. The van der Waals surface area contributed by atoms with E-state index in [2.05, 4.69) is 10.3 Å². The standard InChI is InChI=1S/C18H14F2N2O/c1-11(13-7-8-15(19)16(20)10-13)22-18(23)14-6-2-4-12-5-3-9-21-17(12)14/h2-11H,1H3,(H,22,23)/t11-/m0/s1. The van der Waals surface area contributed by atoms with Gasteiger partial charge < -0.3 is 5.32 Å². The molecule has 1 N–H and O–H groups in total. The lowest BCUT2D eigenvalue weighted by Crippen LogP contribution is -2.27. The Kier molecular flexibility index (Phi) is 4.02. The molecular weight excluding hydrogens is 298 g/mol. The molecule has 1 aromatic heterocycles. The zero-order valence-electron chi connectivity index (χ0n) is 12.4. The largest absolute Gasteiger partial charge is 0.345 e. The molecule has 1 amide bonds. The number of halogens is 2. The third kappa shape index (κ3) is 3.04. The topological polar surface area (TPSA) is 42.0 Å². The van der Waals surface area contributed by atoms with Crippen molar-refractivity contribution in [2.45, 2.75) is 13.0 Å². The Bertz CT molecular complexity index is 875. The molecular formula is C18H14F2N2O. The number of carbonyl (C=O) groups excluding carboxylic acids is 1. The highest BCUT2D eigenvalue weighted by atomic mass is 19.2. The summed E-state index contributed by atoms with van der Waals surface area (Å²) in [6.07, 6.45) is 1.62. The van der Waals surface area contributed by atoms with Gasteiger partial charge in [0.25, 0.3) is 5.91 Å². The number of fused-ring (bicyclic) bond motifs is 1. The fourth-order valence-electron chi connectivity index (χ4n) is 2.43. The highest BCUT2D eigenvalue weighted by Gasteiger charge is 2.15. The molecule has 0 fully saturated rings. The van der Waals surface area contributed by atoms with E-state index in [1.54, 1.807) is 31.3 Å². The smallest absolute Gasteiger partial charge is 0.253 e. The SMILES string of the molecule is C[C@H](NC(=O)c1cccc2cccnc12)c1ccc(F)c(F)c1. The molecule has 0 aliphatic heterocycles. The lowest BCUT2D eigenvalue weighted by Gasteiger charge is -2.15. The van der Waals surface area contributed by atoms with Gasteiger partial charge in [0.15, 0.2) is 11.6 Å². The Hall–Kier alpha value is -2.82. The second-order valence-corrected chi connectivity index (χ2v) is 5.25. The van der Waals surface area contributed by atoms with Crippen LogP contribution in [0.4, 0.5) is 8.78 Å². The molecule has 0 saturated carbocycles. The first-order valence-electron chi connectivity index (χ1n) is 7.16. The zero-order chi connectivity index (χ0) is 16.4. The fourth-order valence-corrected chi connectivity index (χ4v) is 2.43. The Labute approximate surface area is 132 Å². The molecule has 1 heterocycles. The van der Waals surface area contributed by atoms with Crippen LogP contribution in [0.3, 0.4) is 0 Å². The van der Waals surface area contributed by atoms with Gasteiger partial charge in [-0.15, -0.1) is 0 Å². The molecule has 2 aromatic carbocycles. The van der Waals surface area contributed by atoms with Gasteiger partial charge in [-0.25, -0.2) is 8.78 Å². The lowest BCUT2D eigenvalue weighted by atomic mass is 10.1. The van der Waals surface area contributed by atoms with Crippen molar-refractivity contribution in [2.75, 3.05) is 0 Å². The Morgan fingerprint density at radius 1 is 1.09 bits per heavy atom. The van der Waals surface area contributed by atoms with E-state index in [1.807, 2.05) is 12.1 Å². The minimum absolute atomic E-state index is 0.313. The summed E-state index contributed by atoms with van der Waals surface area (Å²) >= 11 is 0. The van der Waals surface area contributed by atoms with Gasteiger partial charge in [0.1, 0.15) is 0 Å². The average Bonchev–Trinajstić information content (AvgIpc) is 2.56. The van der Waals surface area contributed by atoms with Crippen molar-refractivity contribution in [1.82, 2.24) is 10.3 Å². The molecule has 0 unspecified atom stereocenters. The highest BCUT2D eigenvalue weighted by molar-refractivity contribution is 6.05. The second kappa shape index (κ2) is 6.12. The summed E-state index contributed by atoms with van der Waals surface area (Å²) in [7, 11) is 0. The molecule has 5 heteroatoms. The summed E-state index contributed by atoms with van der Waals surface area (Å²) in [5, 5.41) is 3.64. The van der Waals surface area contributed by atoms with E-state index >= 15 is 0 Å². The summed E-state index contributed by atoms with van der Waals surface area (Å²) in [5.74, 6) is -2.16. The predicted molar refractivity (Wildman–Crippen MR) is 84.0 cm³/mol. The monoisotopic (exact) mass is 312 g/mol. The van der Waals surface area contributed by atoms with Gasteiger partial charge in [0.2, 0.25) is 0 Å². The van der Waals surface area contributed by atoms with Crippen LogP contribution in [-0.4, -0.2) is 10.9 Å². The van der Waals surface area contributed by atoms with Crippen LogP contribution in [0.25, 0.3) is 10.9 Å². The molecule has 0 aliphatic carbocycles. The maximum atomic E-state index is 13.3. The summed E-state index contributed by atoms with van der Waals surface area (Å²) in [4.78, 5) is 16.7. The third-order valence-corrected chi connectivity index (χ3v) is 3.67. The van der Waals surface area contributed by atoms with Crippen molar-refractivity contribution in [3.8, 4) is 0 Å². The molecule has 0 spiro atoms. The maximum absolute atomic E-state index is 13.3. The van der Waals surface area contributed by atoms with Crippen LogP contribution in [0.2, 0.25) is 0 Å². The number of hydrogen-bond acceptors (Lipinski definition) is 2. The van der Waals surface area contributed by atoms with Gasteiger partial charge in [-0.3, -0.25) is 9.78 Å². The third-order valence-electron chi connectivity index (χ3n) is 3.67. The van der Waals surface area contributed by atoms with E-state index in [-0.39, 0.29) is 5.91 Å². The van der Waals surface area contributed by atoms with E-state index in [0.717, 1.165) is 17.5 Å². The molecule has 3 rings (SSSR count). The Morgan fingerprint density at radius 3 is 2.65 bits per heavy atom. The van der Waals surface area contributed by atoms with Crippen LogP contribution < -0.4 is 5.32 Å². The molecule has 0 aliphatic rings. The quantitative estimate of drug-likeness (QED) is 0.794. The number of carbonyl (C=O) groups is 1. The number of amides is 1. The zero-order valence-corrected chi connectivity index (χ0v) is 12.4. The molecule has 3 aromatic rings. The van der Waals surface area contributed by atoms with Gasteiger partial charge in [-0.2, -0.15) is 0 Å². The number of rotatable bonds is 3. The number of nitrogens with one attached hydrogen (secondary N) is 1. The fraction of sp³-hybridized carbons (Fsp3) is 0.111. The van der Waals surface area contributed by atoms with Gasteiger partial charge in [-0.1, -0.05) is 24.3 Å². The first-order chi connectivity index (χ1) is 11.1. The van der Waals surface area contributed by atoms with Crippen LogP contribution in [0.5, 0.6) is 0 Å². The summed E-state index contributed by atoms with van der Waals surface area (Å²) in [5.41, 5.74) is 1.54. The van der Waals surface area contributed by atoms with Crippen LogP contribution in [0, 0.1) is 11.6 Å². The van der Waals surface area contributed by atoms with Crippen molar-refractivity contribution in [1.29, 1.82) is 0 Å². The first-order valence-corrected chi connectivity index (χ1v) is 7.16. The van der Waals surface area contributed by atoms with Crippen molar-refractivity contribution in [3.05, 3.63) is 77.5 Å². The van der Waals surface area contributed by atoms with E-state index in [1.165, 1.54) is 6.07 Å². The van der Waals surface area contributed by atoms with Crippen LogP contribution in [-0.2, 0) is 0 Å². The molecule has 0 radical (unpaired) electrons. The van der Waals surface area contributed by atoms with Crippen LogP contribution in [0.1, 0.15) is 28.9 Å². The molecule has 116 valence electrons. The van der Waals surface area contributed by atoms with Gasteiger partial charge >= 0.3 is 0 Å². The molecule has 23 heavy (non-hydrogen) atoms. The van der Waals surface area contributed by atoms with Gasteiger partial charge in [0.05, 0.1) is 17.1 Å². The van der Waals surface area contributed by atoms with Crippen LogP contribution in [0.15, 0.2) is 54.7 Å². The minimum Gasteiger partial charge on any atom is -0.345 e. The molecule has 0 bridgehead atoms. The Balaban J connectivity index is 1.87.